The van der Waals surface area contributed by atoms with Crippen molar-refractivity contribution in [1.82, 2.24) is 5.48 Å². The van der Waals surface area contributed by atoms with E-state index in [1.165, 1.54) is 12.1 Å². The number of anilines is 1. The van der Waals surface area contributed by atoms with Crippen molar-refractivity contribution in [2.75, 3.05) is 5.32 Å². The molecule has 5 nitrogen and oxygen atoms in total. The highest BCUT2D eigenvalue weighted by Gasteiger charge is 2.18. The Kier molecular flexibility index (Phi) is 5.90. The number of hydrogen-bond donors (Lipinski definition) is 3. The van der Waals surface area contributed by atoms with Crippen LogP contribution in [0, 0.1) is 0 Å². The van der Waals surface area contributed by atoms with E-state index in [0.717, 1.165) is 10.0 Å². The van der Waals surface area contributed by atoms with Gasteiger partial charge in [0.1, 0.15) is 0 Å². The predicted molar refractivity (Wildman–Crippen MR) is 91.5 cm³/mol. The van der Waals surface area contributed by atoms with Gasteiger partial charge < -0.3 is 5.32 Å². The molecule has 0 spiro atoms. The van der Waals surface area contributed by atoms with Crippen LogP contribution in [-0.4, -0.2) is 17.0 Å². The minimum absolute atomic E-state index is 0.103. The number of rotatable bonds is 5. The van der Waals surface area contributed by atoms with Gasteiger partial charge in [0.2, 0.25) is 5.91 Å². The van der Waals surface area contributed by atoms with Gasteiger partial charge in [-0.1, -0.05) is 35.0 Å². The normalized spacial score (nSPS) is 11.6. The Labute approximate surface area is 142 Å². The lowest BCUT2D eigenvalue weighted by Crippen LogP contribution is -2.21. The first kappa shape index (κ1) is 17.2. The van der Waals surface area contributed by atoms with E-state index in [9.17, 15) is 9.59 Å². The van der Waals surface area contributed by atoms with Gasteiger partial charge >= 0.3 is 0 Å². The van der Waals surface area contributed by atoms with E-state index >= 15 is 0 Å². The Hall–Kier alpha value is -2.18. The van der Waals surface area contributed by atoms with Gasteiger partial charge in [-0.25, -0.2) is 5.48 Å². The Bertz CT molecular complexity index is 684. The van der Waals surface area contributed by atoms with Crippen LogP contribution in [0.15, 0.2) is 53.0 Å². The summed E-state index contributed by atoms with van der Waals surface area (Å²) in [5.41, 5.74) is 3.42. The largest absolute Gasteiger partial charge is 0.326 e. The molecule has 1 unspecified atom stereocenters. The van der Waals surface area contributed by atoms with Crippen molar-refractivity contribution in [3.05, 3.63) is 64.1 Å². The van der Waals surface area contributed by atoms with Crippen LogP contribution in [0.5, 0.6) is 0 Å². The summed E-state index contributed by atoms with van der Waals surface area (Å²) in [6, 6.07) is 14.0. The molecule has 2 aromatic rings. The topological polar surface area (TPSA) is 78.4 Å². The minimum Gasteiger partial charge on any atom is -0.326 e. The highest BCUT2D eigenvalue weighted by Crippen LogP contribution is 2.23. The van der Waals surface area contributed by atoms with Gasteiger partial charge in [0.15, 0.2) is 0 Å². The summed E-state index contributed by atoms with van der Waals surface area (Å²) in [6.07, 6.45) is 0.679. The van der Waals surface area contributed by atoms with E-state index in [1.54, 1.807) is 17.6 Å². The first-order chi connectivity index (χ1) is 11.0. The van der Waals surface area contributed by atoms with Gasteiger partial charge in [-0.15, -0.1) is 0 Å². The van der Waals surface area contributed by atoms with Crippen molar-refractivity contribution < 1.29 is 14.8 Å². The van der Waals surface area contributed by atoms with Crippen LogP contribution in [0.4, 0.5) is 5.69 Å². The molecule has 2 amide bonds. The van der Waals surface area contributed by atoms with E-state index in [0.29, 0.717) is 17.7 Å². The van der Waals surface area contributed by atoms with Gasteiger partial charge in [0.25, 0.3) is 5.91 Å². The van der Waals surface area contributed by atoms with Crippen LogP contribution in [-0.2, 0) is 4.79 Å². The number of hydrogen-bond acceptors (Lipinski definition) is 3. The van der Waals surface area contributed by atoms with Gasteiger partial charge in [0.05, 0.1) is 5.92 Å². The number of carbonyl (C=O) groups is 2. The maximum atomic E-state index is 12.5. The minimum atomic E-state index is -0.593. The lowest BCUT2D eigenvalue weighted by Gasteiger charge is -2.15. The number of halogens is 1. The summed E-state index contributed by atoms with van der Waals surface area (Å²) in [7, 11) is 0. The molecule has 0 bridgehead atoms. The fraction of sp³-hybridized carbons (Fsp3) is 0.176. The second-order valence-electron chi connectivity index (χ2n) is 5.02. The van der Waals surface area contributed by atoms with E-state index in [2.05, 4.69) is 21.2 Å². The summed E-state index contributed by atoms with van der Waals surface area (Å²) >= 11 is 3.38. The molecule has 6 heteroatoms. The third-order valence-corrected chi connectivity index (χ3v) is 4.04. The van der Waals surface area contributed by atoms with Crippen LogP contribution in [0.2, 0.25) is 0 Å². The van der Waals surface area contributed by atoms with Crippen LogP contribution in [0.25, 0.3) is 0 Å². The quantitative estimate of drug-likeness (QED) is 0.549. The number of nitrogens with one attached hydrogen (secondary N) is 2. The van der Waals surface area contributed by atoms with Crippen molar-refractivity contribution in [1.29, 1.82) is 0 Å². The maximum Gasteiger partial charge on any atom is 0.274 e. The molecule has 0 aliphatic rings. The monoisotopic (exact) mass is 376 g/mol. The molecular formula is C17H17BrN2O3. The fourth-order valence-electron chi connectivity index (χ4n) is 2.27. The first-order valence-electron chi connectivity index (χ1n) is 7.16. The molecule has 0 heterocycles. The average molecular weight is 377 g/mol. The van der Waals surface area contributed by atoms with E-state index in [4.69, 9.17) is 5.21 Å². The lowest BCUT2D eigenvalue weighted by molar-refractivity contribution is -0.117. The molecule has 0 aromatic heterocycles. The Morgan fingerprint density at radius 2 is 1.70 bits per heavy atom. The molecule has 0 fully saturated rings. The summed E-state index contributed by atoms with van der Waals surface area (Å²) in [6.45, 7) is 1.96. The summed E-state index contributed by atoms with van der Waals surface area (Å²) < 4.78 is 0.967. The Morgan fingerprint density at radius 1 is 1.09 bits per heavy atom. The van der Waals surface area contributed by atoms with Crippen LogP contribution in [0.3, 0.4) is 0 Å². The molecule has 2 rings (SSSR count). The highest BCUT2D eigenvalue weighted by molar-refractivity contribution is 9.10. The number of hydroxylamine groups is 1. The molecule has 0 aliphatic carbocycles. The van der Waals surface area contributed by atoms with E-state index in [1.807, 2.05) is 31.2 Å². The zero-order valence-electron chi connectivity index (χ0n) is 12.5. The molecule has 0 saturated heterocycles. The van der Waals surface area contributed by atoms with E-state index in [-0.39, 0.29) is 11.8 Å². The molecule has 0 aliphatic heterocycles. The second-order valence-corrected chi connectivity index (χ2v) is 5.94. The van der Waals surface area contributed by atoms with Gasteiger partial charge in [-0.2, -0.15) is 0 Å². The van der Waals surface area contributed by atoms with Crippen LogP contribution in [0.1, 0.15) is 35.2 Å². The molecule has 0 saturated carbocycles. The standard InChI is InChI=1S/C17H17BrN2O3/c1-2-15(11-3-7-13(18)8-4-11)17(22)19-14-9-5-12(6-10-14)16(21)20-23/h3-10,15,23H,2H2,1H3,(H,19,22)(H,20,21). The molecule has 2 aromatic carbocycles. The Morgan fingerprint density at radius 3 is 2.22 bits per heavy atom. The molecule has 3 N–H and O–H groups in total. The fourth-order valence-corrected chi connectivity index (χ4v) is 2.53. The smallest absolute Gasteiger partial charge is 0.274 e. The third-order valence-electron chi connectivity index (χ3n) is 3.51. The van der Waals surface area contributed by atoms with Crippen LogP contribution >= 0.6 is 15.9 Å². The number of carbonyl (C=O) groups excluding carboxylic acids is 2. The zero-order valence-corrected chi connectivity index (χ0v) is 14.1. The number of amides is 2. The lowest BCUT2D eigenvalue weighted by atomic mass is 9.95. The predicted octanol–water partition coefficient (Wildman–Crippen LogP) is 3.70. The third kappa shape index (κ3) is 4.40. The molecule has 23 heavy (non-hydrogen) atoms. The average Bonchev–Trinajstić information content (AvgIpc) is 2.57. The molecular weight excluding hydrogens is 360 g/mol. The first-order valence-corrected chi connectivity index (χ1v) is 7.95. The van der Waals surface area contributed by atoms with Crippen LogP contribution < -0.4 is 10.8 Å². The molecule has 120 valence electrons. The van der Waals surface area contributed by atoms with Crippen molar-refractivity contribution >= 4 is 33.4 Å². The summed E-state index contributed by atoms with van der Waals surface area (Å²) in [5, 5.41) is 11.4. The second kappa shape index (κ2) is 7.89. The maximum absolute atomic E-state index is 12.5. The van der Waals surface area contributed by atoms with Gasteiger partial charge in [-0.3, -0.25) is 14.8 Å². The summed E-state index contributed by atoms with van der Waals surface area (Å²) in [5.74, 6) is -0.943. The van der Waals surface area contributed by atoms with Gasteiger partial charge in [0, 0.05) is 15.7 Å². The number of benzene rings is 2. The summed E-state index contributed by atoms with van der Waals surface area (Å²) in [4.78, 5) is 23.7. The van der Waals surface area contributed by atoms with E-state index < -0.39 is 5.91 Å². The van der Waals surface area contributed by atoms with Crippen molar-refractivity contribution in [2.24, 2.45) is 0 Å². The molecule has 0 radical (unpaired) electrons. The zero-order chi connectivity index (χ0) is 16.8. The van der Waals surface area contributed by atoms with Crippen molar-refractivity contribution in [3.63, 3.8) is 0 Å². The highest BCUT2D eigenvalue weighted by atomic mass is 79.9. The van der Waals surface area contributed by atoms with Crippen molar-refractivity contribution in [2.45, 2.75) is 19.3 Å². The molecule has 1 atom stereocenters. The van der Waals surface area contributed by atoms with Crippen molar-refractivity contribution in [3.8, 4) is 0 Å². The SMILES string of the molecule is CCC(C(=O)Nc1ccc(C(=O)NO)cc1)c1ccc(Br)cc1. The Balaban J connectivity index is 2.10. The van der Waals surface area contributed by atoms with Gasteiger partial charge in [-0.05, 0) is 48.4 Å².